The molecule has 2 atom stereocenters. The van der Waals surface area contributed by atoms with E-state index in [1.807, 2.05) is 19.9 Å². The zero-order valence-corrected chi connectivity index (χ0v) is 18.1. The molecule has 1 saturated heterocycles. The molecule has 0 aromatic rings. The van der Waals surface area contributed by atoms with Crippen LogP contribution in [0.25, 0.3) is 0 Å². The van der Waals surface area contributed by atoms with Gasteiger partial charge in [-0.3, -0.25) is 0 Å². The summed E-state index contributed by atoms with van der Waals surface area (Å²) in [5.74, 6) is 0.349. The van der Waals surface area contributed by atoms with Crippen molar-refractivity contribution in [2.24, 2.45) is 11.8 Å². The minimum absolute atomic E-state index is 0.148. The van der Waals surface area contributed by atoms with Gasteiger partial charge in [-0.05, 0) is 50.9 Å². The first-order valence-corrected chi connectivity index (χ1v) is 10.9. The van der Waals surface area contributed by atoms with Crippen molar-refractivity contribution in [1.29, 1.82) is 0 Å². The van der Waals surface area contributed by atoms with Crippen molar-refractivity contribution >= 4 is 0 Å². The molecule has 0 aromatic carbocycles. The Bertz CT molecular complexity index is 607. The third-order valence-electron chi connectivity index (χ3n) is 5.35. The molecular formula is C23H38FN3O. The Kier molecular flexibility index (Phi) is 9.83. The largest absolute Gasteiger partial charge is 0.489 e. The van der Waals surface area contributed by atoms with Crippen molar-refractivity contribution in [3.8, 4) is 0 Å². The molecule has 0 saturated carbocycles. The molecule has 2 aliphatic heterocycles. The van der Waals surface area contributed by atoms with Gasteiger partial charge in [-0.2, -0.15) is 0 Å². The lowest BCUT2D eigenvalue weighted by Gasteiger charge is -2.25. The van der Waals surface area contributed by atoms with E-state index < -0.39 is 5.92 Å². The molecule has 2 rings (SSSR count). The summed E-state index contributed by atoms with van der Waals surface area (Å²) in [6.45, 7) is 15.4. The molecule has 158 valence electrons. The van der Waals surface area contributed by atoms with Gasteiger partial charge in [-0.1, -0.05) is 32.6 Å². The topological polar surface area (TPSA) is 27.7 Å². The van der Waals surface area contributed by atoms with Gasteiger partial charge in [0, 0.05) is 38.4 Å². The van der Waals surface area contributed by atoms with Gasteiger partial charge < -0.3 is 19.9 Å². The van der Waals surface area contributed by atoms with Crippen LogP contribution in [0.15, 0.2) is 41.2 Å². The summed E-state index contributed by atoms with van der Waals surface area (Å²) < 4.78 is 21.2. The van der Waals surface area contributed by atoms with E-state index in [4.69, 9.17) is 4.74 Å². The summed E-state index contributed by atoms with van der Waals surface area (Å²) in [6, 6.07) is 0. The molecule has 0 bridgehead atoms. The lowest BCUT2D eigenvalue weighted by atomic mass is 10.0. The molecule has 0 aliphatic carbocycles. The standard InChI is InChI=1S/C23H38FN3O/c1-5-8-10-23(28-7-3)21-18-25-17-19(4)15-20(16-22(21)24)27-12-9-11-26(6-2)13-14-27/h8,15-16,19,21,25H,5-7,9,11-14,17-18H2,1-4H3/b20-15+,22-16?. The van der Waals surface area contributed by atoms with Crippen molar-refractivity contribution in [1.82, 2.24) is 15.1 Å². The Balaban J connectivity index is 2.31. The second kappa shape index (κ2) is 12.1. The van der Waals surface area contributed by atoms with Crippen LogP contribution in [0.1, 0.15) is 40.5 Å². The van der Waals surface area contributed by atoms with Crippen LogP contribution in [0.4, 0.5) is 4.39 Å². The van der Waals surface area contributed by atoms with E-state index in [0.29, 0.717) is 24.8 Å². The Morgan fingerprint density at radius 3 is 2.79 bits per heavy atom. The molecule has 2 aliphatic rings. The summed E-state index contributed by atoms with van der Waals surface area (Å²) in [4.78, 5) is 4.81. The first kappa shape index (κ1) is 22.7. The van der Waals surface area contributed by atoms with Gasteiger partial charge in [0.15, 0.2) is 0 Å². The van der Waals surface area contributed by atoms with Crippen molar-refractivity contribution in [2.75, 3.05) is 52.4 Å². The van der Waals surface area contributed by atoms with Gasteiger partial charge in [0.2, 0.25) is 0 Å². The second-order valence-electron chi connectivity index (χ2n) is 7.64. The molecular weight excluding hydrogens is 353 g/mol. The number of nitrogens with zero attached hydrogens (tertiary/aromatic N) is 2. The number of likely N-dealkylation sites (N-methyl/N-ethyl adjacent to an activating group) is 1. The van der Waals surface area contributed by atoms with E-state index in [1.165, 1.54) is 0 Å². The maximum Gasteiger partial charge on any atom is 0.149 e. The van der Waals surface area contributed by atoms with Gasteiger partial charge in [-0.25, -0.2) is 4.39 Å². The molecule has 0 aromatic heterocycles. The minimum Gasteiger partial charge on any atom is -0.489 e. The highest BCUT2D eigenvalue weighted by molar-refractivity contribution is 5.26. The number of rotatable bonds is 6. The molecule has 0 amide bonds. The van der Waals surface area contributed by atoms with E-state index in [2.05, 4.69) is 40.8 Å². The number of ether oxygens (including phenoxy) is 1. The van der Waals surface area contributed by atoms with E-state index >= 15 is 4.39 Å². The fraction of sp³-hybridized carbons (Fsp3) is 0.696. The molecule has 0 radical (unpaired) electrons. The fourth-order valence-corrected chi connectivity index (χ4v) is 3.75. The molecule has 1 N–H and O–H groups in total. The maximum atomic E-state index is 15.4. The van der Waals surface area contributed by atoms with Crippen LogP contribution in [0, 0.1) is 11.8 Å². The van der Waals surface area contributed by atoms with Gasteiger partial charge in [0.1, 0.15) is 11.6 Å². The molecule has 1 fully saturated rings. The highest BCUT2D eigenvalue weighted by Crippen LogP contribution is 2.26. The highest BCUT2D eigenvalue weighted by Gasteiger charge is 2.24. The van der Waals surface area contributed by atoms with Gasteiger partial charge in [0.05, 0.1) is 12.5 Å². The Hall–Kier alpha value is -1.55. The summed E-state index contributed by atoms with van der Waals surface area (Å²) in [6.07, 6.45) is 7.83. The number of hydrogen-bond acceptors (Lipinski definition) is 4. The van der Waals surface area contributed by atoms with Gasteiger partial charge in [0.25, 0.3) is 0 Å². The molecule has 28 heavy (non-hydrogen) atoms. The lowest BCUT2D eigenvalue weighted by Crippen LogP contribution is -2.30. The monoisotopic (exact) mass is 391 g/mol. The van der Waals surface area contributed by atoms with Gasteiger partial charge in [-0.15, -0.1) is 0 Å². The van der Waals surface area contributed by atoms with Crippen LogP contribution in [0.5, 0.6) is 0 Å². The summed E-state index contributed by atoms with van der Waals surface area (Å²) in [7, 11) is 0. The van der Waals surface area contributed by atoms with Gasteiger partial charge >= 0.3 is 0 Å². The van der Waals surface area contributed by atoms with Crippen LogP contribution in [0.3, 0.4) is 0 Å². The maximum absolute atomic E-state index is 15.4. The SMILES string of the molecule is CCC=C=C(OCC)C1CNCC(C)/C=C(/N2CCCN(CC)CC2)C=C1F. The molecule has 5 heteroatoms. The zero-order chi connectivity index (χ0) is 20.4. The summed E-state index contributed by atoms with van der Waals surface area (Å²) in [5.41, 5.74) is 4.18. The van der Waals surface area contributed by atoms with E-state index in [1.54, 1.807) is 6.08 Å². The number of hydrogen-bond donors (Lipinski definition) is 1. The Morgan fingerprint density at radius 1 is 1.25 bits per heavy atom. The predicted molar refractivity (Wildman–Crippen MR) is 115 cm³/mol. The van der Waals surface area contributed by atoms with Crippen LogP contribution in [-0.2, 0) is 4.74 Å². The summed E-state index contributed by atoms with van der Waals surface area (Å²) >= 11 is 0. The molecule has 0 spiro atoms. The number of allylic oxidation sites excluding steroid dienone is 1. The van der Waals surface area contributed by atoms with Crippen molar-refractivity contribution < 1.29 is 9.13 Å². The van der Waals surface area contributed by atoms with Crippen molar-refractivity contribution in [2.45, 2.75) is 40.5 Å². The third kappa shape index (κ3) is 6.80. The average molecular weight is 392 g/mol. The Labute approximate surface area is 170 Å². The lowest BCUT2D eigenvalue weighted by molar-refractivity contribution is 0.191. The Morgan fingerprint density at radius 2 is 2.07 bits per heavy atom. The normalized spacial score (nSPS) is 26.5. The minimum atomic E-state index is -0.435. The zero-order valence-electron chi connectivity index (χ0n) is 18.1. The average Bonchev–Trinajstić information content (AvgIpc) is 2.90. The van der Waals surface area contributed by atoms with Crippen LogP contribution in [-0.4, -0.2) is 62.2 Å². The highest BCUT2D eigenvalue weighted by atomic mass is 19.1. The van der Waals surface area contributed by atoms with E-state index in [-0.39, 0.29) is 5.83 Å². The summed E-state index contributed by atoms with van der Waals surface area (Å²) in [5, 5.41) is 3.42. The second-order valence-corrected chi connectivity index (χ2v) is 7.64. The number of nitrogens with one attached hydrogen (secondary N) is 1. The molecule has 4 nitrogen and oxygen atoms in total. The van der Waals surface area contributed by atoms with Crippen LogP contribution in [0.2, 0.25) is 0 Å². The quantitative estimate of drug-likeness (QED) is 0.545. The van der Waals surface area contributed by atoms with Crippen molar-refractivity contribution in [3.63, 3.8) is 0 Å². The molecule has 2 heterocycles. The fourth-order valence-electron chi connectivity index (χ4n) is 3.75. The van der Waals surface area contributed by atoms with E-state index in [0.717, 1.165) is 57.8 Å². The van der Waals surface area contributed by atoms with Crippen LogP contribution >= 0.6 is 0 Å². The van der Waals surface area contributed by atoms with Crippen LogP contribution < -0.4 is 5.32 Å². The molecule has 2 unspecified atom stereocenters. The van der Waals surface area contributed by atoms with E-state index in [9.17, 15) is 0 Å². The van der Waals surface area contributed by atoms with Crippen molar-refractivity contribution in [3.05, 3.63) is 41.2 Å². The third-order valence-corrected chi connectivity index (χ3v) is 5.35. The smallest absolute Gasteiger partial charge is 0.149 e. The first-order chi connectivity index (χ1) is 13.6. The number of halogens is 1. The first-order valence-electron chi connectivity index (χ1n) is 10.9. The predicted octanol–water partition coefficient (Wildman–Crippen LogP) is 4.09.